The normalized spacial score (nSPS) is 18.7. The van der Waals surface area contributed by atoms with Crippen molar-refractivity contribution in [1.29, 1.82) is 0 Å². The molecule has 3 nitrogen and oxygen atoms in total. The van der Waals surface area contributed by atoms with Gasteiger partial charge in [0.2, 0.25) is 0 Å². The lowest BCUT2D eigenvalue weighted by molar-refractivity contribution is -0.425. The summed E-state index contributed by atoms with van der Waals surface area (Å²) in [5.74, 6) is -31.2. The molecule has 140 valence electrons. The van der Waals surface area contributed by atoms with Crippen molar-refractivity contribution < 1.29 is 65.7 Å². The van der Waals surface area contributed by atoms with Gasteiger partial charge in [-0.3, -0.25) is 4.55 Å². The van der Waals surface area contributed by atoms with Crippen LogP contribution in [0.4, 0.5) is 52.7 Å². The highest BCUT2D eigenvalue weighted by Crippen LogP contribution is 2.61. The van der Waals surface area contributed by atoms with Crippen LogP contribution in [-0.4, -0.2) is 46.7 Å². The number of rotatable bonds is 5. The van der Waals surface area contributed by atoms with Crippen LogP contribution in [0.25, 0.3) is 0 Å². The Morgan fingerprint density at radius 2 is 0.870 bits per heavy atom. The minimum atomic E-state index is -8.00. The second-order valence-electron chi connectivity index (χ2n) is 3.79. The molecule has 1 N–H and O–H groups in total. The average Bonchev–Trinajstić information content (AvgIpc) is 2.24. The molecule has 0 bridgehead atoms. The zero-order valence-electron chi connectivity index (χ0n) is 9.59. The van der Waals surface area contributed by atoms with Crippen molar-refractivity contribution in [3.8, 4) is 0 Å². The van der Waals surface area contributed by atoms with Crippen molar-refractivity contribution in [2.45, 2.75) is 33.8 Å². The van der Waals surface area contributed by atoms with Crippen molar-refractivity contribution in [2.24, 2.45) is 0 Å². The Kier molecular flexibility index (Phi) is 5.17. The molecule has 0 rings (SSSR count). The summed E-state index contributed by atoms with van der Waals surface area (Å²) in [7, 11) is -7.02. The number of hydrogen-bond donors (Lipinski definition) is 1. The quantitative estimate of drug-likeness (QED) is 0.383. The van der Waals surface area contributed by atoms with Gasteiger partial charge in [0.25, 0.3) is 0 Å². The van der Waals surface area contributed by atoms with Crippen LogP contribution in [-0.2, 0) is 10.1 Å². The smallest absolute Gasteiger partial charge is 0.282 e. The first-order valence-electron chi connectivity index (χ1n) is 4.43. The maximum Gasteiger partial charge on any atom is 0.460 e. The topological polar surface area (TPSA) is 54.4 Å². The van der Waals surface area contributed by atoms with E-state index in [2.05, 4.69) is 0 Å². The van der Waals surface area contributed by atoms with Gasteiger partial charge in [0.1, 0.15) is 0 Å². The van der Waals surface area contributed by atoms with Crippen LogP contribution >= 0.6 is 15.9 Å². The summed E-state index contributed by atoms with van der Waals surface area (Å²) in [6.07, 6.45) is -7.49. The summed E-state index contributed by atoms with van der Waals surface area (Å²) >= 11 is 0.575. The molecule has 0 aliphatic rings. The van der Waals surface area contributed by atoms with Crippen LogP contribution in [0.3, 0.4) is 0 Å². The Hall–Kier alpha value is -0.450. The van der Waals surface area contributed by atoms with Gasteiger partial charge in [-0.05, 0) is 15.9 Å². The van der Waals surface area contributed by atoms with E-state index in [1.807, 2.05) is 0 Å². The Balaban J connectivity index is 6.48. The van der Waals surface area contributed by atoms with Crippen molar-refractivity contribution in [3.05, 3.63) is 0 Å². The molecule has 0 radical (unpaired) electrons. The molecule has 0 aliphatic carbocycles. The first-order chi connectivity index (χ1) is 9.50. The molecule has 17 heteroatoms. The Morgan fingerprint density at radius 3 is 1.09 bits per heavy atom. The average molecular weight is 461 g/mol. The lowest BCUT2D eigenvalue weighted by Crippen LogP contribution is -2.70. The maximum atomic E-state index is 13.1. The predicted molar refractivity (Wildman–Crippen MR) is 50.2 cm³/mol. The van der Waals surface area contributed by atoms with Crippen LogP contribution in [0.2, 0.25) is 0 Å². The van der Waals surface area contributed by atoms with Gasteiger partial charge in [0.05, 0.1) is 0 Å². The van der Waals surface area contributed by atoms with Gasteiger partial charge in [-0.15, -0.1) is 0 Å². The first kappa shape index (κ1) is 22.6. The van der Waals surface area contributed by atoms with E-state index in [1.165, 1.54) is 0 Å². The van der Waals surface area contributed by atoms with Gasteiger partial charge in [0.15, 0.2) is 0 Å². The molecule has 0 aromatic carbocycles. The fraction of sp³-hybridized carbons (Fsp3) is 1.00. The fourth-order valence-electron chi connectivity index (χ4n) is 0.917. The maximum absolute atomic E-state index is 13.1. The zero-order chi connectivity index (χ0) is 19.5. The standard InChI is InChI=1S/C6HBrF12O3S/c7-5(16,23(20,21)22)3(12,13)1(8,9)2(10,11)4(14,15)6(17,18)19/h(H,20,21,22). The van der Waals surface area contributed by atoms with Gasteiger partial charge in [-0.2, -0.15) is 56.7 Å². The van der Waals surface area contributed by atoms with Crippen LogP contribution in [0.1, 0.15) is 0 Å². The van der Waals surface area contributed by atoms with Crippen molar-refractivity contribution >= 4 is 26.0 Å². The lowest BCUT2D eigenvalue weighted by Gasteiger charge is -2.39. The third kappa shape index (κ3) is 2.87. The molecule has 1 unspecified atom stereocenters. The second kappa shape index (κ2) is 5.27. The third-order valence-corrected chi connectivity index (χ3v) is 4.86. The molecule has 1 atom stereocenters. The van der Waals surface area contributed by atoms with Crippen molar-refractivity contribution in [3.63, 3.8) is 0 Å². The summed E-state index contributed by atoms with van der Waals surface area (Å²) in [5, 5.41) is 0. The Bertz CT molecular complexity index is 564. The van der Waals surface area contributed by atoms with Crippen molar-refractivity contribution in [2.75, 3.05) is 0 Å². The molecule has 0 aliphatic heterocycles. The van der Waals surface area contributed by atoms with E-state index in [1.54, 1.807) is 0 Å². The summed E-state index contributed by atoms with van der Waals surface area (Å²) in [6.45, 7) is 0. The number of alkyl halides is 13. The molecule has 0 spiro atoms. The van der Waals surface area contributed by atoms with Crippen LogP contribution in [0.15, 0.2) is 0 Å². The van der Waals surface area contributed by atoms with Gasteiger partial charge in [0, 0.05) is 0 Å². The second-order valence-corrected chi connectivity index (χ2v) is 6.92. The van der Waals surface area contributed by atoms with E-state index in [4.69, 9.17) is 4.55 Å². The monoisotopic (exact) mass is 460 g/mol. The molecule has 0 saturated heterocycles. The van der Waals surface area contributed by atoms with Crippen LogP contribution < -0.4 is 0 Å². The molecular formula is C6HBrF12O3S. The SMILES string of the molecule is O=S(=O)(O)C(F)(Br)C(F)(F)C(F)(F)C(F)(F)C(F)(F)C(F)(F)F. The van der Waals surface area contributed by atoms with E-state index >= 15 is 0 Å². The third-order valence-electron chi connectivity index (χ3n) is 2.23. The number of hydrogen-bond acceptors (Lipinski definition) is 2. The van der Waals surface area contributed by atoms with Crippen molar-refractivity contribution in [1.82, 2.24) is 0 Å². The highest BCUT2D eigenvalue weighted by molar-refractivity contribution is 9.11. The van der Waals surface area contributed by atoms with Gasteiger partial charge in [-0.1, -0.05) is 0 Å². The molecule has 0 aromatic rings. The molecule has 0 saturated carbocycles. The Morgan fingerprint density at radius 1 is 0.609 bits per heavy atom. The highest BCUT2D eigenvalue weighted by atomic mass is 79.9. The van der Waals surface area contributed by atoms with Gasteiger partial charge in [-0.25, -0.2) is 4.39 Å². The van der Waals surface area contributed by atoms with E-state index in [9.17, 15) is 61.1 Å². The highest BCUT2D eigenvalue weighted by Gasteiger charge is 2.91. The van der Waals surface area contributed by atoms with Gasteiger partial charge < -0.3 is 0 Å². The predicted octanol–water partition coefficient (Wildman–Crippen LogP) is 4.00. The summed E-state index contributed by atoms with van der Waals surface area (Å²) in [6, 6.07) is 0. The lowest BCUT2D eigenvalue weighted by atomic mass is 9.98. The summed E-state index contributed by atoms with van der Waals surface area (Å²) in [5.41, 5.74) is 0. The largest absolute Gasteiger partial charge is 0.460 e. The summed E-state index contributed by atoms with van der Waals surface area (Å²) < 4.78 is 172. The first-order valence-corrected chi connectivity index (χ1v) is 6.66. The number of halogens is 13. The van der Waals surface area contributed by atoms with Gasteiger partial charge >= 0.3 is 43.9 Å². The molecular weight excluding hydrogens is 460 g/mol. The van der Waals surface area contributed by atoms with E-state index in [0.29, 0.717) is 15.9 Å². The minimum absolute atomic E-state index is 0.575. The molecule has 0 fully saturated rings. The molecule has 23 heavy (non-hydrogen) atoms. The van der Waals surface area contributed by atoms with Crippen LogP contribution in [0.5, 0.6) is 0 Å². The molecule has 0 aromatic heterocycles. The van der Waals surface area contributed by atoms with Crippen LogP contribution in [0, 0.1) is 0 Å². The van der Waals surface area contributed by atoms with E-state index < -0.39 is 43.9 Å². The minimum Gasteiger partial charge on any atom is -0.282 e. The molecule has 0 heterocycles. The molecule has 0 amide bonds. The zero-order valence-corrected chi connectivity index (χ0v) is 12.0. The van der Waals surface area contributed by atoms with E-state index in [-0.39, 0.29) is 0 Å². The van der Waals surface area contributed by atoms with E-state index in [0.717, 1.165) is 0 Å². The Labute approximate surface area is 126 Å². The summed E-state index contributed by atoms with van der Waals surface area (Å²) in [4.78, 5) is 0. The fourth-order valence-corrected chi connectivity index (χ4v) is 1.62.